The van der Waals surface area contributed by atoms with E-state index in [1.165, 1.54) is 24.0 Å². The van der Waals surface area contributed by atoms with Crippen molar-refractivity contribution < 1.29 is 14.6 Å². The van der Waals surface area contributed by atoms with Gasteiger partial charge in [0.1, 0.15) is 12.3 Å². The van der Waals surface area contributed by atoms with Crippen molar-refractivity contribution in [1.82, 2.24) is 19.6 Å². The Balaban J connectivity index is 1.49. The predicted octanol–water partition coefficient (Wildman–Crippen LogP) is 3.76. The predicted molar refractivity (Wildman–Crippen MR) is 138 cm³/mol. The van der Waals surface area contributed by atoms with Gasteiger partial charge in [-0.3, -0.25) is 14.4 Å². The van der Waals surface area contributed by atoms with E-state index in [1.807, 2.05) is 17.2 Å². The first-order chi connectivity index (χ1) is 16.8. The molecular weight excluding hydrogens is 508 g/mol. The lowest BCUT2D eigenvalue weighted by Gasteiger charge is -2.57. The van der Waals surface area contributed by atoms with E-state index in [0.29, 0.717) is 19.5 Å². The third kappa shape index (κ3) is 4.53. The third-order valence-corrected chi connectivity index (χ3v) is 9.28. The summed E-state index contributed by atoms with van der Waals surface area (Å²) in [6, 6.07) is 6.24. The molecule has 1 aliphatic carbocycles. The Morgan fingerprint density at radius 2 is 1.97 bits per heavy atom. The van der Waals surface area contributed by atoms with E-state index >= 15 is 0 Å². The summed E-state index contributed by atoms with van der Waals surface area (Å²) in [5, 5.41) is 16.9. The standard InChI is InChI=1S/C27H37BrN4O3/c1-19-4-7-23(35-3)14-24(19)26-8-11-30(25(33)18-32-17-22(28)15-29-32)13-10-27(26,34)20(2)31(12-9-26)16-21-5-6-21/h4,7,14-15,17,20-21,34H,5-6,8-13,16,18H2,1-3H3. The highest BCUT2D eigenvalue weighted by atomic mass is 79.9. The number of hydrogen-bond donors (Lipinski definition) is 1. The molecule has 1 saturated carbocycles. The van der Waals surface area contributed by atoms with Gasteiger partial charge in [-0.05, 0) is 97.6 Å². The summed E-state index contributed by atoms with van der Waals surface area (Å²) in [5.41, 5.74) is 0.964. The van der Waals surface area contributed by atoms with Gasteiger partial charge in [0, 0.05) is 37.3 Å². The molecule has 3 fully saturated rings. The molecule has 3 aliphatic rings. The topological polar surface area (TPSA) is 70.8 Å². The average molecular weight is 546 g/mol. The minimum Gasteiger partial charge on any atom is -0.497 e. The Bertz CT molecular complexity index is 1090. The fourth-order valence-electron chi connectivity index (χ4n) is 6.52. The van der Waals surface area contributed by atoms with Crippen molar-refractivity contribution in [3.8, 4) is 5.75 Å². The van der Waals surface area contributed by atoms with Crippen LogP contribution in [0.1, 0.15) is 50.2 Å². The van der Waals surface area contributed by atoms with E-state index in [-0.39, 0.29) is 18.5 Å². The Kier molecular flexibility index (Phi) is 6.74. The number of piperidine rings is 1. The van der Waals surface area contributed by atoms with Gasteiger partial charge in [-0.15, -0.1) is 0 Å². The summed E-state index contributed by atoms with van der Waals surface area (Å²) >= 11 is 3.41. The number of nitrogens with zero attached hydrogens (tertiary/aromatic N) is 4. The van der Waals surface area contributed by atoms with Crippen LogP contribution in [0.15, 0.2) is 35.1 Å². The smallest absolute Gasteiger partial charge is 0.244 e. The van der Waals surface area contributed by atoms with Crippen molar-refractivity contribution in [2.75, 3.05) is 33.3 Å². The molecule has 35 heavy (non-hydrogen) atoms. The van der Waals surface area contributed by atoms with Gasteiger partial charge in [-0.2, -0.15) is 5.10 Å². The number of aliphatic hydroxyl groups is 1. The van der Waals surface area contributed by atoms with Crippen molar-refractivity contribution in [3.05, 3.63) is 46.2 Å². The van der Waals surface area contributed by atoms with Crippen LogP contribution in [0.5, 0.6) is 5.75 Å². The van der Waals surface area contributed by atoms with E-state index in [4.69, 9.17) is 4.74 Å². The number of halogens is 1. The fourth-order valence-corrected chi connectivity index (χ4v) is 6.85. The molecule has 0 radical (unpaired) electrons. The highest BCUT2D eigenvalue weighted by Crippen LogP contribution is 2.53. The number of carbonyl (C=O) groups is 1. The number of carbonyl (C=O) groups excluding carboxylic acids is 1. The van der Waals surface area contributed by atoms with Gasteiger partial charge in [-0.25, -0.2) is 0 Å². The first-order valence-electron chi connectivity index (χ1n) is 12.8. The van der Waals surface area contributed by atoms with Crippen molar-refractivity contribution in [3.63, 3.8) is 0 Å². The zero-order valence-electron chi connectivity index (χ0n) is 21.0. The van der Waals surface area contributed by atoms with Crippen LogP contribution in [-0.2, 0) is 16.8 Å². The molecular formula is C27H37BrN4O3. The minimum absolute atomic E-state index is 0.0135. The van der Waals surface area contributed by atoms with Crippen LogP contribution in [0.4, 0.5) is 0 Å². The molecule has 3 heterocycles. The maximum Gasteiger partial charge on any atom is 0.244 e. The van der Waals surface area contributed by atoms with Crippen LogP contribution in [0.25, 0.3) is 0 Å². The minimum atomic E-state index is -0.943. The van der Waals surface area contributed by atoms with Gasteiger partial charge in [-0.1, -0.05) is 6.07 Å². The first kappa shape index (κ1) is 24.8. The first-order valence-corrected chi connectivity index (χ1v) is 13.6. The van der Waals surface area contributed by atoms with Gasteiger partial charge < -0.3 is 14.7 Å². The average Bonchev–Trinajstić information content (AvgIpc) is 3.60. The van der Waals surface area contributed by atoms with Gasteiger partial charge in [0.15, 0.2) is 0 Å². The number of aromatic nitrogens is 2. The maximum atomic E-state index is 13.3. The molecule has 3 unspecified atom stereocenters. The van der Waals surface area contributed by atoms with Crippen LogP contribution in [0.3, 0.4) is 0 Å². The van der Waals surface area contributed by atoms with Crippen LogP contribution in [-0.4, -0.2) is 75.5 Å². The number of hydrogen-bond acceptors (Lipinski definition) is 5. The number of ether oxygens (including phenoxy) is 1. The molecule has 190 valence electrons. The second-order valence-corrected chi connectivity index (χ2v) is 11.7. The van der Waals surface area contributed by atoms with Crippen LogP contribution in [0.2, 0.25) is 0 Å². The summed E-state index contributed by atoms with van der Waals surface area (Å²) < 4.78 is 8.14. The number of aryl methyl sites for hydroxylation is 1. The summed E-state index contributed by atoms with van der Waals surface area (Å²) in [7, 11) is 1.69. The van der Waals surface area contributed by atoms with Gasteiger partial charge in [0.05, 0.1) is 23.4 Å². The summed E-state index contributed by atoms with van der Waals surface area (Å²) in [4.78, 5) is 17.7. The lowest BCUT2D eigenvalue weighted by atomic mass is 9.57. The van der Waals surface area contributed by atoms with Gasteiger partial charge in [0.25, 0.3) is 0 Å². The molecule has 1 aromatic carbocycles. The quantitative estimate of drug-likeness (QED) is 0.599. The molecule has 2 aliphatic heterocycles. The Hall–Kier alpha value is -1.90. The molecule has 8 heteroatoms. The number of likely N-dealkylation sites (tertiary alicyclic amines) is 2. The van der Waals surface area contributed by atoms with Crippen LogP contribution < -0.4 is 4.74 Å². The number of amides is 1. The molecule has 1 N–H and O–H groups in total. The van der Waals surface area contributed by atoms with E-state index in [9.17, 15) is 9.90 Å². The van der Waals surface area contributed by atoms with E-state index < -0.39 is 11.0 Å². The van der Waals surface area contributed by atoms with Gasteiger partial charge in [0.2, 0.25) is 5.91 Å². The van der Waals surface area contributed by atoms with Gasteiger partial charge >= 0.3 is 0 Å². The van der Waals surface area contributed by atoms with E-state index in [1.54, 1.807) is 18.0 Å². The second kappa shape index (κ2) is 9.52. The lowest BCUT2D eigenvalue weighted by molar-refractivity contribution is -0.137. The van der Waals surface area contributed by atoms with Crippen LogP contribution in [0, 0.1) is 12.8 Å². The highest BCUT2D eigenvalue weighted by Gasteiger charge is 2.59. The zero-order chi connectivity index (χ0) is 24.8. The summed E-state index contributed by atoms with van der Waals surface area (Å²) in [6.45, 7) is 7.73. The molecule has 2 aromatic rings. The lowest BCUT2D eigenvalue weighted by Crippen LogP contribution is -2.68. The van der Waals surface area contributed by atoms with Crippen molar-refractivity contribution in [2.24, 2.45) is 5.92 Å². The Labute approximate surface area is 216 Å². The summed E-state index contributed by atoms with van der Waals surface area (Å²) in [6.07, 6.45) is 8.28. The third-order valence-electron chi connectivity index (χ3n) is 8.87. The largest absolute Gasteiger partial charge is 0.497 e. The Morgan fingerprint density at radius 1 is 1.23 bits per heavy atom. The fraction of sp³-hybridized carbons (Fsp3) is 0.630. The molecule has 0 bridgehead atoms. The van der Waals surface area contributed by atoms with Crippen LogP contribution >= 0.6 is 15.9 Å². The highest BCUT2D eigenvalue weighted by molar-refractivity contribution is 9.10. The number of fused-ring (bicyclic) bond motifs is 1. The van der Waals surface area contributed by atoms with E-state index in [0.717, 1.165) is 42.1 Å². The van der Waals surface area contributed by atoms with E-state index in [2.05, 4.69) is 51.9 Å². The number of rotatable bonds is 6. The second-order valence-electron chi connectivity index (χ2n) is 10.8. The normalized spacial score (nSPS) is 29.5. The van der Waals surface area contributed by atoms with Crippen molar-refractivity contribution >= 4 is 21.8 Å². The molecule has 1 aromatic heterocycles. The molecule has 3 atom stereocenters. The molecule has 5 rings (SSSR count). The number of benzene rings is 1. The summed E-state index contributed by atoms with van der Waals surface area (Å²) in [5.74, 6) is 1.63. The Morgan fingerprint density at radius 3 is 2.66 bits per heavy atom. The molecule has 0 spiro atoms. The SMILES string of the molecule is COc1ccc(C)c(C23CCN(C(=O)Cn4cc(Br)cn4)CCC2(O)C(C)N(CC2CC2)CC3)c1. The molecule has 7 nitrogen and oxygen atoms in total. The molecule has 2 saturated heterocycles. The number of methoxy groups -OCH3 is 1. The van der Waals surface area contributed by atoms with Crippen molar-refractivity contribution in [2.45, 2.75) is 69.6 Å². The zero-order valence-corrected chi connectivity index (χ0v) is 22.6. The molecule has 1 amide bonds. The monoisotopic (exact) mass is 544 g/mol. The maximum absolute atomic E-state index is 13.3. The van der Waals surface area contributed by atoms with Crippen molar-refractivity contribution in [1.29, 1.82) is 0 Å².